The summed E-state index contributed by atoms with van der Waals surface area (Å²) in [6, 6.07) is 9.26. The van der Waals surface area contributed by atoms with Crippen LogP contribution in [-0.4, -0.2) is 21.1 Å². The molecule has 0 atom stereocenters. The number of hydrogen-bond acceptors (Lipinski definition) is 3. The molecule has 5 nitrogen and oxygen atoms in total. The lowest BCUT2D eigenvalue weighted by Crippen LogP contribution is -2.20. The number of benzene rings is 1. The van der Waals surface area contributed by atoms with Crippen molar-refractivity contribution in [2.45, 2.75) is 19.3 Å². The first-order chi connectivity index (χ1) is 11.2. The lowest BCUT2D eigenvalue weighted by Gasteiger charge is -2.09. The maximum Gasteiger partial charge on any atom is 0.283 e. The van der Waals surface area contributed by atoms with E-state index in [1.165, 1.54) is 17.4 Å². The van der Waals surface area contributed by atoms with Crippen molar-refractivity contribution in [3.63, 3.8) is 0 Å². The third kappa shape index (κ3) is 2.82. The fraction of sp³-hybridized carbons (Fsp3) is 0.294. The Morgan fingerprint density at radius 3 is 2.74 bits per heavy atom. The number of H-pyrrole nitrogens is 2. The van der Waals surface area contributed by atoms with E-state index >= 15 is 0 Å². The molecule has 0 amide bonds. The average Bonchev–Trinajstić information content (AvgIpc) is 3.24. The molecule has 118 valence electrons. The predicted octanol–water partition coefficient (Wildman–Crippen LogP) is 3.56. The molecule has 23 heavy (non-hydrogen) atoms. The van der Waals surface area contributed by atoms with Gasteiger partial charge in [-0.05, 0) is 54.9 Å². The zero-order valence-electron chi connectivity index (χ0n) is 12.5. The molecule has 6 heteroatoms. The van der Waals surface area contributed by atoms with Gasteiger partial charge in [0.25, 0.3) is 5.56 Å². The normalized spacial score (nSPS) is 14.3. The Hall–Kier alpha value is -2.34. The molecular formula is C17H17N3O2S. The summed E-state index contributed by atoms with van der Waals surface area (Å²) in [4.78, 5) is 18.6. The largest absolute Gasteiger partial charge is 0.494 e. The van der Waals surface area contributed by atoms with Crippen LogP contribution < -0.4 is 10.3 Å². The van der Waals surface area contributed by atoms with Crippen LogP contribution in [0.5, 0.6) is 5.75 Å². The monoisotopic (exact) mass is 327 g/mol. The molecule has 2 heterocycles. The van der Waals surface area contributed by atoms with Crippen LogP contribution in [0, 0.1) is 10.7 Å². The molecule has 3 aromatic rings. The van der Waals surface area contributed by atoms with Crippen LogP contribution in [0.3, 0.4) is 0 Å². The Kier molecular flexibility index (Phi) is 3.53. The molecule has 0 aliphatic heterocycles. The van der Waals surface area contributed by atoms with Crippen LogP contribution in [0.4, 0.5) is 0 Å². The molecule has 2 N–H and O–H groups in total. The second kappa shape index (κ2) is 5.70. The van der Waals surface area contributed by atoms with Crippen LogP contribution in [0.25, 0.3) is 16.7 Å². The number of aromatic amines is 2. The highest BCUT2D eigenvalue weighted by Crippen LogP contribution is 2.32. The average molecular weight is 327 g/mol. The van der Waals surface area contributed by atoms with Gasteiger partial charge in [-0.15, -0.1) is 0 Å². The smallest absolute Gasteiger partial charge is 0.283 e. The summed E-state index contributed by atoms with van der Waals surface area (Å²) in [6.07, 6.45) is 5.52. The Bertz CT molecular complexity index is 948. The molecule has 2 aromatic heterocycles. The van der Waals surface area contributed by atoms with Gasteiger partial charge in [0.1, 0.15) is 11.3 Å². The molecule has 0 unspecified atom stereocenters. The van der Waals surface area contributed by atoms with E-state index in [4.69, 9.17) is 17.0 Å². The Morgan fingerprint density at radius 2 is 2.00 bits per heavy atom. The summed E-state index contributed by atoms with van der Waals surface area (Å²) in [5.74, 6) is 1.68. The quantitative estimate of drug-likeness (QED) is 0.704. The molecule has 1 aliphatic rings. The van der Waals surface area contributed by atoms with Crippen LogP contribution in [-0.2, 0) is 0 Å². The van der Waals surface area contributed by atoms with Gasteiger partial charge in [-0.2, -0.15) is 0 Å². The zero-order chi connectivity index (χ0) is 15.8. The first-order valence-corrected chi connectivity index (χ1v) is 8.19. The number of nitrogens with one attached hydrogen (secondary N) is 2. The SMILES string of the molecule is O=c1c2[nH]ccc2[nH]c(=S)n1-c1ccc(OCCC2CC2)cc1. The minimum Gasteiger partial charge on any atom is -0.494 e. The second-order valence-electron chi connectivity index (χ2n) is 5.91. The summed E-state index contributed by atoms with van der Waals surface area (Å²) < 4.78 is 7.61. The van der Waals surface area contributed by atoms with E-state index in [1.807, 2.05) is 24.3 Å². The molecule has 0 bridgehead atoms. The highest BCUT2D eigenvalue weighted by Gasteiger charge is 2.20. The van der Waals surface area contributed by atoms with E-state index in [2.05, 4.69) is 9.97 Å². The Labute approximate surface area is 137 Å². The highest BCUT2D eigenvalue weighted by molar-refractivity contribution is 7.71. The maximum atomic E-state index is 12.6. The molecule has 1 saturated carbocycles. The summed E-state index contributed by atoms with van der Waals surface area (Å²) in [5, 5.41) is 0. The number of nitrogens with zero attached hydrogens (tertiary/aromatic N) is 1. The van der Waals surface area contributed by atoms with E-state index < -0.39 is 0 Å². The van der Waals surface area contributed by atoms with Crippen LogP contribution in [0.1, 0.15) is 19.3 Å². The van der Waals surface area contributed by atoms with Crippen molar-refractivity contribution in [3.05, 3.63) is 51.7 Å². The third-order valence-corrected chi connectivity index (χ3v) is 4.48. The van der Waals surface area contributed by atoms with Gasteiger partial charge < -0.3 is 14.7 Å². The van der Waals surface area contributed by atoms with Crippen molar-refractivity contribution in [2.24, 2.45) is 5.92 Å². The van der Waals surface area contributed by atoms with E-state index in [-0.39, 0.29) is 5.56 Å². The number of rotatable bonds is 5. The van der Waals surface area contributed by atoms with Crippen molar-refractivity contribution < 1.29 is 4.74 Å². The Balaban J connectivity index is 1.62. The van der Waals surface area contributed by atoms with Gasteiger partial charge in [-0.25, -0.2) is 0 Å². The van der Waals surface area contributed by atoms with E-state index in [9.17, 15) is 4.79 Å². The molecular weight excluding hydrogens is 310 g/mol. The first kappa shape index (κ1) is 14.3. The van der Waals surface area contributed by atoms with Crippen molar-refractivity contribution in [1.29, 1.82) is 0 Å². The second-order valence-corrected chi connectivity index (χ2v) is 6.30. The number of ether oxygens (including phenoxy) is 1. The van der Waals surface area contributed by atoms with Crippen LogP contribution >= 0.6 is 12.2 Å². The molecule has 1 aromatic carbocycles. The zero-order valence-corrected chi connectivity index (χ0v) is 13.4. The van der Waals surface area contributed by atoms with E-state index in [0.717, 1.165) is 35.9 Å². The number of aromatic nitrogens is 3. The topological polar surface area (TPSA) is 62.8 Å². The molecule has 4 rings (SSSR count). The number of fused-ring (bicyclic) bond motifs is 1. The van der Waals surface area contributed by atoms with Crippen LogP contribution in [0.2, 0.25) is 0 Å². The van der Waals surface area contributed by atoms with Gasteiger partial charge in [0.2, 0.25) is 0 Å². The minimum absolute atomic E-state index is 0.156. The van der Waals surface area contributed by atoms with Gasteiger partial charge >= 0.3 is 0 Å². The van der Waals surface area contributed by atoms with E-state index in [0.29, 0.717) is 10.3 Å². The molecule has 1 fully saturated rings. The van der Waals surface area contributed by atoms with Gasteiger partial charge in [-0.1, -0.05) is 12.8 Å². The van der Waals surface area contributed by atoms with Gasteiger partial charge in [0.15, 0.2) is 4.77 Å². The number of hydrogen-bond donors (Lipinski definition) is 2. The predicted molar refractivity (Wildman–Crippen MR) is 91.9 cm³/mol. The molecule has 1 aliphatic carbocycles. The fourth-order valence-electron chi connectivity index (χ4n) is 2.70. The maximum absolute atomic E-state index is 12.6. The summed E-state index contributed by atoms with van der Waals surface area (Å²) in [7, 11) is 0. The van der Waals surface area contributed by atoms with Gasteiger partial charge in [0.05, 0.1) is 17.8 Å². The van der Waals surface area contributed by atoms with Crippen molar-refractivity contribution >= 4 is 23.3 Å². The molecule has 0 radical (unpaired) electrons. The van der Waals surface area contributed by atoms with Crippen molar-refractivity contribution in [1.82, 2.24) is 14.5 Å². The Morgan fingerprint density at radius 1 is 1.22 bits per heavy atom. The summed E-state index contributed by atoms with van der Waals surface area (Å²) in [6.45, 7) is 0.748. The lowest BCUT2D eigenvalue weighted by molar-refractivity contribution is 0.302. The van der Waals surface area contributed by atoms with Gasteiger partial charge in [-0.3, -0.25) is 9.36 Å². The minimum atomic E-state index is -0.156. The van der Waals surface area contributed by atoms with Gasteiger partial charge in [0, 0.05) is 6.20 Å². The van der Waals surface area contributed by atoms with Crippen molar-refractivity contribution in [3.8, 4) is 11.4 Å². The standard InChI is InChI=1S/C17H17N3O2S/c21-16-15-14(7-9-18-15)19-17(23)20(16)12-3-5-13(6-4-12)22-10-8-11-1-2-11/h3-7,9,11,18H,1-2,8,10H2,(H,19,23). The fourth-order valence-corrected chi connectivity index (χ4v) is 3.00. The summed E-state index contributed by atoms with van der Waals surface area (Å²) in [5.41, 5.74) is 1.80. The highest BCUT2D eigenvalue weighted by atomic mass is 32.1. The molecule has 0 spiro atoms. The third-order valence-electron chi connectivity index (χ3n) is 4.20. The van der Waals surface area contributed by atoms with Crippen molar-refractivity contribution in [2.75, 3.05) is 6.61 Å². The lowest BCUT2D eigenvalue weighted by atomic mass is 10.3. The molecule has 0 saturated heterocycles. The summed E-state index contributed by atoms with van der Waals surface area (Å²) >= 11 is 5.32. The van der Waals surface area contributed by atoms with Crippen LogP contribution in [0.15, 0.2) is 41.3 Å². The van der Waals surface area contributed by atoms with E-state index in [1.54, 1.807) is 12.3 Å². The first-order valence-electron chi connectivity index (χ1n) is 7.78.